The minimum absolute atomic E-state index is 0.890. The summed E-state index contributed by atoms with van der Waals surface area (Å²) in [5, 5.41) is 7.31. The maximum atomic E-state index is 4.36. The van der Waals surface area contributed by atoms with Crippen molar-refractivity contribution in [2.45, 2.75) is 20.4 Å². The Balaban J connectivity index is 2.37. The Morgan fingerprint density at radius 1 is 1.31 bits per heavy atom. The highest BCUT2D eigenvalue weighted by Gasteiger charge is 2.04. The standard InChI is InChI=1S/C12H16N4/c1-4-16-8-11(7-15-16)10-5-9(2)12(13-3)14-6-10/h5-8H,4H2,1-3H3,(H,13,14). The van der Waals surface area contributed by atoms with Crippen LogP contribution < -0.4 is 5.32 Å². The van der Waals surface area contributed by atoms with Gasteiger partial charge in [0.1, 0.15) is 5.82 Å². The lowest BCUT2D eigenvalue weighted by Crippen LogP contribution is -1.95. The van der Waals surface area contributed by atoms with Crippen LogP contribution in [0.2, 0.25) is 0 Å². The molecular formula is C12H16N4. The maximum Gasteiger partial charge on any atom is 0.128 e. The first-order valence-corrected chi connectivity index (χ1v) is 5.41. The first-order valence-electron chi connectivity index (χ1n) is 5.41. The fourth-order valence-electron chi connectivity index (χ4n) is 1.68. The summed E-state index contributed by atoms with van der Waals surface area (Å²) in [7, 11) is 1.88. The zero-order valence-electron chi connectivity index (χ0n) is 9.86. The Bertz CT molecular complexity index is 488. The van der Waals surface area contributed by atoms with Crippen LogP contribution in [0.4, 0.5) is 5.82 Å². The molecule has 2 aromatic rings. The highest BCUT2D eigenvalue weighted by molar-refractivity contribution is 5.64. The molecule has 1 N–H and O–H groups in total. The molecule has 0 aromatic carbocycles. The van der Waals surface area contributed by atoms with Gasteiger partial charge in [-0.15, -0.1) is 0 Å². The van der Waals surface area contributed by atoms with E-state index < -0.39 is 0 Å². The van der Waals surface area contributed by atoms with Crippen LogP contribution in [0, 0.1) is 6.92 Å². The first-order chi connectivity index (χ1) is 7.74. The van der Waals surface area contributed by atoms with Gasteiger partial charge in [0, 0.05) is 37.1 Å². The molecule has 0 aliphatic rings. The normalized spacial score (nSPS) is 10.4. The molecule has 0 amide bonds. The molecule has 0 atom stereocenters. The average Bonchev–Trinajstić information content (AvgIpc) is 2.77. The average molecular weight is 216 g/mol. The Morgan fingerprint density at radius 2 is 2.12 bits per heavy atom. The van der Waals surface area contributed by atoms with Crippen molar-refractivity contribution in [3.63, 3.8) is 0 Å². The zero-order chi connectivity index (χ0) is 11.5. The third kappa shape index (κ3) is 1.91. The summed E-state index contributed by atoms with van der Waals surface area (Å²) in [5.41, 5.74) is 3.36. The van der Waals surface area contributed by atoms with E-state index in [1.807, 2.05) is 37.2 Å². The van der Waals surface area contributed by atoms with Crippen LogP contribution in [0.25, 0.3) is 11.1 Å². The predicted octanol–water partition coefficient (Wildman–Crippen LogP) is 2.32. The lowest BCUT2D eigenvalue weighted by atomic mass is 10.1. The summed E-state index contributed by atoms with van der Waals surface area (Å²) in [5.74, 6) is 0.923. The Morgan fingerprint density at radius 3 is 2.69 bits per heavy atom. The molecule has 0 bridgehead atoms. The number of anilines is 1. The van der Waals surface area contributed by atoms with Gasteiger partial charge in [-0.25, -0.2) is 4.98 Å². The molecule has 2 heterocycles. The second-order valence-corrected chi connectivity index (χ2v) is 3.72. The van der Waals surface area contributed by atoms with E-state index in [1.165, 1.54) is 0 Å². The molecule has 0 aliphatic carbocycles. The van der Waals surface area contributed by atoms with Crippen molar-refractivity contribution in [3.8, 4) is 11.1 Å². The topological polar surface area (TPSA) is 42.7 Å². The quantitative estimate of drug-likeness (QED) is 0.856. The second-order valence-electron chi connectivity index (χ2n) is 3.72. The fraction of sp³-hybridized carbons (Fsp3) is 0.333. The lowest BCUT2D eigenvalue weighted by Gasteiger charge is -2.05. The van der Waals surface area contributed by atoms with Gasteiger partial charge < -0.3 is 5.32 Å². The van der Waals surface area contributed by atoms with Crippen LogP contribution >= 0.6 is 0 Å². The molecule has 0 saturated heterocycles. The number of rotatable bonds is 3. The smallest absolute Gasteiger partial charge is 0.128 e. The molecule has 16 heavy (non-hydrogen) atoms. The Labute approximate surface area is 95.3 Å². The van der Waals surface area contributed by atoms with E-state index in [-0.39, 0.29) is 0 Å². The summed E-state index contributed by atoms with van der Waals surface area (Å²) in [6.45, 7) is 5.01. The number of aryl methyl sites for hydroxylation is 2. The monoisotopic (exact) mass is 216 g/mol. The van der Waals surface area contributed by atoms with E-state index in [0.29, 0.717) is 0 Å². The molecular weight excluding hydrogens is 200 g/mol. The van der Waals surface area contributed by atoms with Crippen LogP contribution in [0.1, 0.15) is 12.5 Å². The molecule has 2 rings (SSSR count). The molecule has 0 fully saturated rings. The van der Waals surface area contributed by atoms with Crippen molar-refractivity contribution in [2.75, 3.05) is 12.4 Å². The number of hydrogen-bond donors (Lipinski definition) is 1. The van der Waals surface area contributed by atoms with Crippen molar-refractivity contribution < 1.29 is 0 Å². The summed E-state index contributed by atoms with van der Waals surface area (Å²) >= 11 is 0. The Kier molecular flexibility index (Phi) is 2.90. The van der Waals surface area contributed by atoms with Gasteiger partial charge in [-0.2, -0.15) is 5.10 Å². The van der Waals surface area contributed by atoms with Gasteiger partial charge in [0.25, 0.3) is 0 Å². The Hall–Kier alpha value is -1.84. The molecule has 2 aromatic heterocycles. The minimum atomic E-state index is 0.890. The summed E-state index contributed by atoms with van der Waals surface area (Å²) < 4.78 is 1.91. The van der Waals surface area contributed by atoms with E-state index in [0.717, 1.165) is 29.1 Å². The molecule has 84 valence electrons. The van der Waals surface area contributed by atoms with Crippen molar-refractivity contribution in [3.05, 3.63) is 30.2 Å². The van der Waals surface area contributed by atoms with Gasteiger partial charge in [0.15, 0.2) is 0 Å². The zero-order valence-corrected chi connectivity index (χ0v) is 9.86. The van der Waals surface area contributed by atoms with E-state index >= 15 is 0 Å². The van der Waals surface area contributed by atoms with Gasteiger partial charge in [0.05, 0.1) is 6.20 Å². The number of hydrogen-bond acceptors (Lipinski definition) is 3. The van der Waals surface area contributed by atoms with Crippen LogP contribution in [-0.4, -0.2) is 21.8 Å². The van der Waals surface area contributed by atoms with Gasteiger partial charge >= 0.3 is 0 Å². The summed E-state index contributed by atoms with van der Waals surface area (Å²) in [6.07, 6.45) is 5.78. The highest BCUT2D eigenvalue weighted by atomic mass is 15.3. The summed E-state index contributed by atoms with van der Waals surface area (Å²) in [4.78, 5) is 4.36. The number of nitrogens with zero attached hydrogens (tertiary/aromatic N) is 3. The molecule has 0 radical (unpaired) electrons. The number of nitrogens with one attached hydrogen (secondary N) is 1. The van der Waals surface area contributed by atoms with Crippen LogP contribution in [0.5, 0.6) is 0 Å². The van der Waals surface area contributed by atoms with Gasteiger partial charge in [-0.1, -0.05) is 0 Å². The molecule has 0 saturated carbocycles. The van der Waals surface area contributed by atoms with Crippen molar-refractivity contribution in [2.24, 2.45) is 0 Å². The number of pyridine rings is 1. The van der Waals surface area contributed by atoms with Crippen LogP contribution in [-0.2, 0) is 6.54 Å². The lowest BCUT2D eigenvalue weighted by molar-refractivity contribution is 0.660. The molecule has 4 heteroatoms. The van der Waals surface area contributed by atoms with E-state index in [2.05, 4.69) is 28.4 Å². The molecule has 0 aliphatic heterocycles. The van der Waals surface area contributed by atoms with Gasteiger partial charge in [-0.05, 0) is 25.5 Å². The van der Waals surface area contributed by atoms with Crippen LogP contribution in [0.3, 0.4) is 0 Å². The second kappa shape index (κ2) is 4.35. The molecule has 0 unspecified atom stereocenters. The first kappa shape index (κ1) is 10.7. The summed E-state index contributed by atoms with van der Waals surface area (Å²) in [6, 6.07) is 2.12. The number of aromatic nitrogens is 3. The highest BCUT2D eigenvalue weighted by Crippen LogP contribution is 2.21. The van der Waals surface area contributed by atoms with Crippen molar-refractivity contribution in [1.29, 1.82) is 0 Å². The van der Waals surface area contributed by atoms with Gasteiger partial charge in [-0.3, -0.25) is 4.68 Å². The molecule has 4 nitrogen and oxygen atoms in total. The van der Waals surface area contributed by atoms with Crippen molar-refractivity contribution >= 4 is 5.82 Å². The van der Waals surface area contributed by atoms with Gasteiger partial charge in [0.2, 0.25) is 0 Å². The third-order valence-corrected chi connectivity index (χ3v) is 2.61. The largest absolute Gasteiger partial charge is 0.373 e. The van der Waals surface area contributed by atoms with Crippen molar-refractivity contribution in [1.82, 2.24) is 14.8 Å². The maximum absolute atomic E-state index is 4.36. The third-order valence-electron chi connectivity index (χ3n) is 2.61. The SMILES string of the molecule is CCn1cc(-c2cnc(NC)c(C)c2)cn1. The fourth-order valence-corrected chi connectivity index (χ4v) is 1.68. The minimum Gasteiger partial charge on any atom is -0.373 e. The van der Waals surface area contributed by atoms with Crippen LogP contribution in [0.15, 0.2) is 24.7 Å². The molecule has 0 spiro atoms. The predicted molar refractivity (Wildman–Crippen MR) is 65.4 cm³/mol. The van der Waals surface area contributed by atoms with E-state index in [9.17, 15) is 0 Å². The van der Waals surface area contributed by atoms with E-state index in [1.54, 1.807) is 0 Å². The van der Waals surface area contributed by atoms with E-state index in [4.69, 9.17) is 0 Å².